The molecule has 1 heterocycles. The van der Waals surface area contributed by atoms with Crippen LogP contribution in [0.2, 0.25) is 0 Å². The van der Waals surface area contributed by atoms with Crippen molar-refractivity contribution < 1.29 is 8.42 Å². The minimum atomic E-state index is -3.22. The Bertz CT molecular complexity index is 672. The van der Waals surface area contributed by atoms with Crippen molar-refractivity contribution in [3.8, 4) is 0 Å². The predicted molar refractivity (Wildman–Crippen MR) is 77.1 cm³/mol. The summed E-state index contributed by atoms with van der Waals surface area (Å²) >= 11 is 0. The van der Waals surface area contributed by atoms with E-state index in [-0.39, 0.29) is 6.04 Å². The molecule has 6 heteroatoms. The molecule has 0 radical (unpaired) electrons. The van der Waals surface area contributed by atoms with Gasteiger partial charge in [-0.25, -0.2) is 8.42 Å². The summed E-state index contributed by atoms with van der Waals surface area (Å²) in [5.74, 6) is 0. The van der Waals surface area contributed by atoms with Gasteiger partial charge in [0.2, 0.25) is 0 Å². The van der Waals surface area contributed by atoms with Crippen LogP contribution in [0.5, 0.6) is 0 Å². The lowest BCUT2D eigenvalue weighted by molar-refractivity contribution is 0.598. The smallest absolute Gasteiger partial charge is 0.175 e. The third-order valence-corrected chi connectivity index (χ3v) is 4.02. The SMILES string of the molecule is CCNC(c1cccc(S(C)(=O)=O)c1)c1cnccn1. The molecule has 20 heavy (non-hydrogen) atoms. The van der Waals surface area contributed by atoms with Gasteiger partial charge in [-0.15, -0.1) is 0 Å². The van der Waals surface area contributed by atoms with Crippen LogP contribution in [-0.4, -0.2) is 31.2 Å². The average Bonchev–Trinajstić information content (AvgIpc) is 2.45. The van der Waals surface area contributed by atoms with Gasteiger partial charge in [0, 0.05) is 18.6 Å². The van der Waals surface area contributed by atoms with Gasteiger partial charge in [-0.05, 0) is 24.2 Å². The van der Waals surface area contributed by atoms with E-state index in [0.29, 0.717) is 4.90 Å². The van der Waals surface area contributed by atoms with Crippen LogP contribution in [0, 0.1) is 0 Å². The first-order valence-corrected chi connectivity index (χ1v) is 8.21. The summed E-state index contributed by atoms with van der Waals surface area (Å²) in [7, 11) is -3.22. The molecular formula is C14H17N3O2S. The van der Waals surface area contributed by atoms with Crippen molar-refractivity contribution in [2.45, 2.75) is 17.9 Å². The molecule has 0 amide bonds. The normalized spacial score (nSPS) is 13.1. The van der Waals surface area contributed by atoms with Gasteiger partial charge in [-0.1, -0.05) is 19.1 Å². The summed E-state index contributed by atoms with van der Waals surface area (Å²) in [4.78, 5) is 8.66. The van der Waals surface area contributed by atoms with Gasteiger partial charge >= 0.3 is 0 Å². The van der Waals surface area contributed by atoms with Crippen molar-refractivity contribution in [2.24, 2.45) is 0 Å². The maximum atomic E-state index is 11.7. The molecule has 0 aliphatic carbocycles. The second-order valence-corrected chi connectivity index (χ2v) is 6.48. The van der Waals surface area contributed by atoms with Crippen LogP contribution < -0.4 is 5.32 Å². The highest BCUT2D eigenvalue weighted by Crippen LogP contribution is 2.22. The van der Waals surface area contributed by atoms with Crippen LogP contribution in [0.3, 0.4) is 0 Å². The van der Waals surface area contributed by atoms with Gasteiger partial charge in [0.15, 0.2) is 9.84 Å². The molecule has 1 aromatic carbocycles. The number of rotatable bonds is 5. The lowest BCUT2D eigenvalue weighted by Crippen LogP contribution is -2.23. The van der Waals surface area contributed by atoms with Crippen molar-refractivity contribution in [2.75, 3.05) is 12.8 Å². The van der Waals surface area contributed by atoms with Crippen molar-refractivity contribution >= 4 is 9.84 Å². The Morgan fingerprint density at radius 1 is 1.30 bits per heavy atom. The maximum Gasteiger partial charge on any atom is 0.175 e. The third kappa shape index (κ3) is 3.40. The van der Waals surface area contributed by atoms with Crippen LogP contribution in [0.25, 0.3) is 0 Å². The second-order valence-electron chi connectivity index (χ2n) is 4.47. The second kappa shape index (κ2) is 6.11. The minimum Gasteiger partial charge on any atom is -0.305 e. The van der Waals surface area contributed by atoms with Crippen molar-refractivity contribution in [1.82, 2.24) is 15.3 Å². The molecule has 1 N–H and O–H groups in total. The zero-order chi connectivity index (χ0) is 14.6. The monoisotopic (exact) mass is 291 g/mol. The molecule has 1 aromatic heterocycles. The molecule has 106 valence electrons. The largest absolute Gasteiger partial charge is 0.305 e. The topological polar surface area (TPSA) is 72.0 Å². The summed E-state index contributed by atoms with van der Waals surface area (Å²) in [5, 5.41) is 3.30. The Morgan fingerprint density at radius 2 is 2.10 bits per heavy atom. The van der Waals surface area contributed by atoms with Crippen molar-refractivity contribution in [1.29, 1.82) is 0 Å². The Hall–Kier alpha value is -1.79. The Kier molecular flexibility index (Phi) is 4.46. The van der Waals surface area contributed by atoms with Crippen molar-refractivity contribution in [3.63, 3.8) is 0 Å². The summed E-state index contributed by atoms with van der Waals surface area (Å²) in [6.45, 7) is 2.73. The molecule has 0 aliphatic rings. The number of benzene rings is 1. The van der Waals surface area contributed by atoms with E-state index in [9.17, 15) is 8.42 Å². The van der Waals surface area contributed by atoms with E-state index < -0.39 is 9.84 Å². The molecule has 5 nitrogen and oxygen atoms in total. The highest BCUT2D eigenvalue weighted by Gasteiger charge is 2.16. The summed E-state index contributed by atoms with van der Waals surface area (Å²) in [5.41, 5.74) is 1.62. The standard InChI is InChI=1S/C14H17N3O2S/c1-3-16-14(13-10-15-7-8-17-13)11-5-4-6-12(9-11)20(2,18)19/h4-10,14,16H,3H2,1-2H3. The quantitative estimate of drug-likeness (QED) is 0.905. The molecule has 0 bridgehead atoms. The number of nitrogens with zero attached hydrogens (tertiary/aromatic N) is 2. The van der Waals surface area contributed by atoms with Gasteiger partial charge in [0.25, 0.3) is 0 Å². The number of sulfone groups is 1. The fourth-order valence-electron chi connectivity index (χ4n) is 1.98. The van der Waals surface area contributed by atoms with Gasteiger partial charge in [0.05, 0.1) is 22.8 Å². The molecule has 0 saturated heterocycles. The van der Waals surface area contributed by atoms with Gasteiger partial charge in [-0.2, -0.15) is 0 Å². The van der Waals surface area contributed by atoms with Gasteiger partial charge in [-0.3, -0.25) is 9.97 Å². The molecule has 0 aliphatic heterocycles. The van der Waals surface area contributed by atoms with Crippen LogP contribution in [-0.2, 0) is 9.84 Å². The Morgan fingerprint density at radius 3 is 2.70 bits per heavy atom. The molecule has 1 atom stereocenters. The molecule has 0 spiro atoms. The average molecular weight is 291 g/mol. The maximum absolute atomic E-state index is 11.7. The molecule has 0 saturated carbocycles. The lowest BCUT2D eigenvalue weighted by atomic mass is 10.0. The van der Waals surface area contributed by atoms with Crippen LogP contribution in [0.1, 0.15) is 24.2 Å². The first kappa shape index (κ1) is 14.6. The Balaban J connectivity index is 2.45. The number of hydrogen-bond donors (Lipinski definition) is 1. The zero-order valence-electron chi connectivity index (χ0n) is 11.4. The van der Waals surface area contributed by atoms with Crippen LogP contribution >= 0.6 is 0 Å². The van der Waals surface area contributed by atoms with E-state index in [4.69, 9.17) is 0 Å². The van der Waals surface area contributed by atoms with E-state index in [0.717, 1.165) is 17.8 Å². The summed E-state index contributed by atoms with van der Waals surface area (Å²) < 4.78 is 23.3. The lowest BCUT2D eigenvalue weighted by Gasteiger charge is -2.18. The third-order valence-electron chi connectivity index (χ3n) is 2.91. The van der Waals surface area contributed by atoms with Gasteiger partial charge < -0.3 is 5.32 Å². The summed E-state index contributed by atoms with van der Waals surface area (Å²) in [6, 6.07) is 6.73. The van der Waals surface area contributed by atoms with E-state index in [1.165, 1.54) is 6.26 Å². The highest BCUT2D eigenvalue weighted by atomic mass is 32.2. The fourth-order valence-corrected chi connectivity index (χ4v) is 2.66. The Labute approximate surface area is 119 Å². The molecule has 2 aromatic rings. The fraction of sp³-hybridized carbons (Fsp3) is 0.286. The molecule has 1 unspecified atom stereocenters. The summed E-state index contributed by atoms with van der Waals surface area (Å²) in [6.07, 6.45) is 6.12. The van der Waals surface area contributed by atoms with E-state index >= 15 is 0 Å². The number of hydrogen-bond acceptors (Lipinski definition) is 5. The number of nitrogens with one attached hydrogen (secondary N) is 1. The van der Waals surface area contributed by atoms with Crippen LogP contribution in [0.15, 0.2) is 47.8 Å². The van der Waals surface area contributed by atoms with E-state index in [1.807, 2.05) is 13.0 Å². The van der Waals surface area contributed by atoms with Crippen molar-refractivity contribution in [3.05, 3.63) is 54.1 Å². The first-order chi connectivity index (χ1) is 9.52. The first-order valence-electron chi connectivity index (χ1n) is 6.31. The van der Waals surface area contributed by atoms with Crippen LogP contribution in [0.4, 0.5) is 0 Å². The molecule has 0 fully saturated rings. The molecule has 2 rings (SSSR count). The van der Waals surface area contributed by atoms with Gasteiger partial charge in [0.1, 0.15) is 0 Å². The molecular weight excluding hydrogens is 274 g/mol. The predicted octanol–water partition coefficient (Wildman–Crippen LogP) is 1.58. The minimum absolute atomic E-state index is 0.171. The number of aromatic nitrogens is 2. The zero-order valence-corrected chi connectivity index (χ0v) is 12.3. The van der Waals surface area contributed by atoms with E-state index in [1.54, 1.807) is 36.8 Å². The van der Waals surface area contributed by atoms with E-state index in [2.05, 4.69) is 15.3 Å². The highest BCUT2D eigenvalue weighted by molar-refractivity contribution is 7.90.